The number of para-hydroxylation sites is 2. The van der Waals surface area contributed by atoms with Crippen molar-refractivity contribution in [1.82, 2.24) is 0 Å². The molecule has 0 aliphatic heterocycles. The minimum absolute atomic E-state index is 0.278. The van der Waals surface area contributed by atoms with Crippen LogP contribution in [0.25, 0.3) is 0 Å². The summed E-state index contributed by atoms with van der Waals surface area (Å²) in [5.74, 6) is 0.372. The quantitative estimate of drug-likeness (QED) is 0.262. The van der Waals surface area contributed by atoms with E-state index in [2.05, 4.69) is 5.32 Å². The number of benzene rings is 4. The first-order valence-electron chi connectivity index (χ1n) is 10.1. The number of hydrogen-bond donors (Lipinski definition) is 3. The third-order valence-electron chi connectivity index (χ3n) is 4.60. The molecule has 7 nitrogen and oxygen atoms in total. The lowest BCUT2D eigenvalue weighted by atomic mass is 10.1. The molecule has 8 heteroatoms. The number of hydrogen-bond acceptors (Lipinski definition) is 6. The molecule has 4 aromatic carbocycles. The van der Waals surface area contributed by atoms with Crippen LogP contribution in [0.5, 0.6) is 11.5 Å². The van der Waals surface area contributed by atoms with Gasteiger partial charge >= 0.3 is 7.60 Å². The number of rotatable bonds is 7. The highest BCUT2D eigenvalue weighted by atomic mass is 31.2. The van der Waals surface area contributed by atoms with Crippen LogP contribution in [0.3, 0.4) is 0 Å². The fourth-order valence-electron chi connectivity index (χ4n) is 3.13. The largest absolute Gasteiger partial charge is 0.462 e. The Bertz CT molecular complexity index is 1250. The van der Waals surface area contributed by atoms with Gasteiger partial charge in [-0.1, -0.05) is 42.5 Å². The Morgan fingerprint density at radius 1 is 0.697 bits per heavy atom. The molecule has 0 atom stereocenters. The second-order valence-electron chi connectivity index (χ2n) is 7.20. The first-order chi connectivity index (χ1) is 15.9. The van der Waals surface area contributed by atoms with Crippen LogP contribution in [0.4, 0.5) is 17.1 Å². The summed E-state index contributed by atoms with van der Waals surface area (Å²) in [4.78, 5) is 12.7. The van der Waals surface area contributed by atoms with Crippen LogP contribution in [-0.2, 0) is 4.57 Å². The zero-order chi connectivity index (χ0) is 23.3. The number of nitrogens with two attached hydrogens (primary N) is 2. The van der Waals surface area contributed by atoms with Gasteiger partial charge in [0.05, 0.1) is 5.30 Å². The topological polar surface area (TPSA) is 117 Å². The van der Waals surface area contributed by atoms with Gasteiger partial charge in [-0.2, -0.15) is 0 Å². The summed E-state index contributed by atoms with van der Waals surface area (Å²) in [6.07, 6.45) is 0. The molecular weight excluding hydrogens is 437 g/mol. The maximum absolute atomic E-state index is 14.0. The highest BCUT2D eigenvalue weighted by molar-refractivity contribution is 7.63. The van der Waals surface area contributed by atoms with Gasteiger partial charge in [0.25, 0.3) is 5.91 Å². The number of carbonyl (C=O) groups excluding carboxylic acids is 1. The van der Waals surface area contributed by atoms with Crippen molar-refractivity contribution in [3.8, 4) is 11.5 Å². The number of amides is 1. The van der Waals surface area contributed by atoms with Crippen LogP contribution in [0.2, 0.25) is 0 Å². The molecule has 0 spiro atoms. The van der Waals surface area contributed by atoms with Gasteiger partial charge in [0.15, 0.2) is 0 Å². The Hall–Kier alpha value is -4.22. The predicted octanol–water partition coefficient (Wildman–Crippen LogP) is 5.08. The lowest BCUT2D eigenvalue weighted by molar-refractivity contribution is 0.102. The van der Waals surface area contributed by atoms with Crippen molar-refractivity contribution in [2.75, 3.05) is 16.8 Å². The number of anilines is 3. The molecule has 4 rings (SSSR count). The summed E-state index contributed by atoms with van der Waals surface area (Å²) < 4.78 is 25.7. The van der Waals surface area contributed by atoms with Gasteiger partial charge in [0.1, 0.15) is 11.5 Å². The third-order valence-corrected chi connectivity index (χ3v) is 6.41. The van der Waals surface area contributed by atoms with E-state index in [1.54, 1.807) is 78.9 Å². The highest BCUT2D eigenvalue weighted by Crippen LogP contribution is 2.47. The molecule has 0 aliphatic carbocycles. The Balaban J connectivity index is 1.65. The van der Waals surface area contributed by atoms with Crippen molar-refractivity contribution in [2.24, 2.45) is 0 Å². The van der Waals surface area contributed by atoms with E-state index < -0.39 is 13.5 Å². The Kier molecular flexibility index (Phi) is 6.33. The van der Waals surface area contributed by atoms with Crippen molar-refractivity contribution in [2.45, 2.75) is 0 Å². The maximum atomic E-state index is 14.0. The Morgan fingerprint density at radius 3 is 1.79 bits per heavy atom. The molecule has 0 bridgehead atoms. The van der Waals surface area contributed by atoms with E-state index in [1.807, 2.05) is 12.1 Å². The molecule has 33 heavy (non-hydrogen) atoms. The zero-order valence-electron chi connectivity index (χ0n) is 17.5. The summed E-state index contributed by atoms with van der Waals surface area (Å²) in [7, 11) is -3.86. The molecule has 0 aromatic heterocycles. The predicted molar refractivity (Wildman–Crippen MR) is 131 cm³/mol. The van der Waals surface area contributed by atoms with E-state index in [1.165, 1.54) is 12.1 Å². The van der Waals surface area contributed by atoms with Gasteiger partial charge in [-0.15, -0.1) is 0 Å². The van der Waals surface area contributed by atoms with E-state index in [0.29, 0.717) is 34.1 Å². The van der Waals surface area contributed by atoms with Crippen molar-refractivity contribution in [3.05, 3.63) is 109 Å². The first kappa shape index (κ1) is 22.0. The monoisotopic (exact) mass is 459 g/mol. The first-order valence-corrected chi connectivity index (χ1v) is 11.6. The fourth-order valence-corrected chi connectivity index (χ4v) is 4.74. The van der Waals surface area contributed by atoms with E-state index in [0.717, 1.165) is 0 Å². The van der Waals surface area contributed by atoms with Crippen LogP contribution in [-0.4, -0.2) is 5.91 Å². The number of nitrogen functional groups attached to an aromatic ring is 2. The second-order valence-corrected chi connectivity index (χ2v) is 9.08. The van der Waals surface area contributed by atoms with Crippen molar-refractivity contribution in [3.63, 3.8) is 0 Å². The van der Waals surface area contributed by atoms with E-state index >= 15 is 0 Å². The SMILES string of the molecule is Nc1cc(N)cc(C(=O)Nc2cccc(P(=O)(Oc3ccccc3)Oc3ccccc3)c2)c1. The average Bonchev–Trinajstić information content (AvgIpc) is 2.80. The van der Waals surface area contributed by atoms with Crippen LogP contribution in [0.15, 0.2) is 103 Å². The molecule has 0 radical (unpaired) electrons. The summed E-state index contributed by atoms with van der Waals surface area (Å²) in [6, 6.07) is 28.6. The molecule has 5 N–H and O–H groups in total. The number of carbonyl (C=O) groups is 1. The summed E-state index contributed by atoms with van der Waals surface area (Å²) in [5, 5.41) is 3.05. The van der Waals surface area contributed by atoms with Gasteiger partial charge in [0, 0.05) is 22.6 Å². The standard InChI is InChI=1S/C25H22N3O4P/c26-19-14-18(15-20(27)16-19)25(29)28-21-8-7-13-24(17-21)33(30,31-22-9-3-1-4-10-22)32-23-11-5-2-6-12-23/h1-17H,26-27H2,(H,28,29). The lowest BCUT2D eigenvalue weighted by Gasteiger charge is -2.21. The third kappa shape index (κ3) is 5.53. The van der Waals surface area contributed by atoms with Gasteiger partial charge in [-0.3, -0.25) is 4.79 Å². The molecule has 0 unspecified atom stereocenters. The fraction of sp³-hybridized carbons (Fsp3) is 0. The normalized spacial score (nSPS) is 10.9. The Morgan fingerprint density at radius 2 is 1.24 bits per heavy atom. The molecule has 0 saturated carbocycles. The smallest absolute Gasteiger partial charge is 0.413 e. The molecule has 0 aliphatic rings. The van der Waals surface area contributed by atoms with Crippen molar-refractivity contribution >= 4 is 35.9 Å². The molecule has 0 heterocycles. The van der Waals surface area contributed by atoms with Crippen LogP contribution in [0, 0.1) is 0 Å². The summed E-state index contributed by atoms with van der Waals surface area (Å²) in [6.45, 7) is 0. The zero-order valence-corrected chi connectivity index (χ0v) is 18.4. The van der Waals surface area contributed by atoms with Gasteiger partial charge in [-0.05, 0) is 60.7 Å². The van der Waals surface area contributed by atoms with Crippen LogP contribution in [0.1, 0.15) is 10.4 Å². The molecule has 166 valence electrons. The van der Waals surface area contributed by atoms with Crippen molar-refractivity contribution < 1.29 is 18.4 Å². The summed E-state index contributed by atoms with van der Waals surface area (Å²) in [5.41, 5.74) is 13.1. The van der Waals surface area contributed by atoms with Crippen LogP contribution >= 0.6 is 7.60 Å². The lowest BCUT2D eigenvalue weighted by Crippen LogP contribution is -2.17. The minimum atomic E-state index is -3.86. The number of nitrogens with one attached hydrogen (secondary N) is 1. The molecule has 4 aromatic rings. The molecule has 1 amide bonds. The van der Waals surface area contributed by atoms with E-state index in [9.17, 15) is 9.36 Å². The average molecular weight is 459 g/mol. The van der Waals surface area contributed by atoms with Crippen LogP contribution < -0.4 is 31.1 Å². The highest BCUT2D eigenvalue weighted by Gasteiger charge is 2.32. The molecule has 0 saturated heterocycles. The summed E-state index contributed by atoms with van der Waals surface area (Å²) >= 11 is 0. The maximum Gasteiger partial charge on any atom is 0.462 e. The molecular formula is C25H22N3O4P. The Labute approximate surface area is 191 Å². The van der Waals surface area contributed by atoms with Gasteiger partial charge in [-0.25, -0.2) is 4.57 Å². The molecule has 0 fully saturated rings. The van der Waals surface area contributed by atoms with Gasteiger partial charge < -0.3 is 25.8 Å². The van der Waals surface area contributed by atoms with E-state index in [4.69, 9.17) is 20.5 Å². The minimum Gasteiger partial charge on any atom is -0.413 e. The van der Waals surface area contributed by atoms with Gasteiger partial charge in [0.2, 0.25) is 0 Å². The van der Waals surface area contributed by atoms with Crippen molar-refractivity contribution in [1.29, 1.82) is 0 Å². The van der Waals surface area contributed by atoms with E-state index in [-0.39, 0.29) is 5.30 Å². The second kappa shape index (κ2) is 9.51.